The van der Waals surface area contributed by atoms with Gasteiger partial charge in [0, 0.05) is 0 Å². The predicted molar refractivity (Wildman–Crippen MR) is 140 cm³/mol. The minimum absolute atomic E-state index is 0.653. The van der Waals surface area contributed by atoms with Crippen LogP contribution >= 0.6 is 0 Å². The summed E-state index contributed by atoms with van der Waals surface area (Å²) >= 11 is 0. The number of hydrogen-bond donors (Lipinski definition) is 1. The molecule has 0 aromatic carbocycles. The molecule has 0 saturated heterocycles. The van der Waals surface area contributed by atoms with Crippen molar-refractivity contribution >= 4 is 10.0 Å². The highest BCUT2D eigenvalue weighted by molar-refractivity contribution is 7.90. The van der Waals surface area contributed by atoms with Gasteiger partial charge in [0.2, 0.25) is 11.6 Å². The second-order valence-corrected chi connectivity index (χ2v) is 15.8. The normalized spacial score (nSPS) is 16.6. The van der Waals surface area contributed by atoms with Crippen LogP contribution in [-0.4, -0.2) is 121 Å². The average molecular weight is 1280 g/mol. The SMILES string of the molecule is C[n+]1c(F)c(F)c(F)c(F)c1C(F)(F)OC(F)(F)C(F)(F)C(F)(F)C(F)(F)C(F)(F)C(F)(F)C(F)(F)C(F)(F)C(F)(F)C(F)(F)C(F)(F)NS(=O)(=O)C(F)(F)C(F)(F)C(F)(F)C(F)(F)C(F)(F)C(F)(F)C(F)(F)C(F)(F)F. The molecule has 0 fully saturated rings. The van der Waals surface area contributed by atoms with Gasteiger partial charge in [0.25, 0.3) is 15.8 Å². The van der Waals surface area contributed by atoms with E-state index < -0.39 is 174 Å². The first-order valence-electron chi connectivity index (χ1n) is 16.3. The van der Waals surface area contributed by atoms with Crippen molar-refractivity contribution in [3.8, 4) is 0 Å². The highest BCUT2D eigenvalue weighted by atomic mass is 32.2. The molecule has 1 aromatic heterocycles. The van der Waals surface area contributed by atoms with E-state index in [2.05, 4.69) is 0 Å². The molecule has 1 rings (SSSR count). The van der Waals surface area contributed by atoms with Gasteiger partial charge < -0.3 is 0 Å². The van der Waals surface area contributed by atoms with E-state index in [4.69, 9.17) is 0 Å². The Labute approximate surface area is 385 Å². The molecule has 1 aromatic rings. The molecule has 0 aliphatic carbocycles. The van der Waals surface area contributed by atoms with E-state index in [0.29, 0.717) is 0 Å². The number of nitrogens with zero attached hydrogens (tertiary/aromatic N) is 1. The maximum atomic E-state index is 14.2. The van der Waals surface area contributed by atoms with E-state index in [1.54, 1.807) is 0 Å². The Morgan fingerprint density at radius 2 is 0.584 bits per heavy atom. The molecule has 77 heavy (non-hydrogen) atoms. The van der Waals surface area contributed by atoms with Crippen LogP contribution in [0.3, 0.4) is 0 Å². The number of hydrogen-bond acceptors (Lipinski definition) is 3. The molecular weight excluding hydrogens is 1280 g/mol. The Bertz CT molecular complexity index is 2480. The summed E-state index contributed by atoms with van der Waals surface area (Å²) in [6.45, 7) is 0. The first kappa shape index (κ1) is 70.9. The van der Waals surface area contributed by atoms with Crippen molar-refractivity contribution in [1.29, 1.82) is 0 Å². The van der Waals surface area contributed by atoms with Crippen molar-refractivity contribution in [2.24, 2.45) is 7.05 Å². The van der Waals surface area contributed by atoms with E-state index in [9.17, 15) is 206 Å². The van der Waals surface area contributed by atoms with E-state index >= 15 is 0 Å². The van der Waals surface area contributed by atoms with Crippen molar-refractivity contribution in [3.05, 3.63) is 29.1 Å². The Morgan fingerprint density at radius 1 is 0.338 bits per heavy atom. The number of alkyl halides is 41. The van der Waals surface area contributed by atoms with E-state index in [1.165, 1.54) is 4.74 Å². The van der Waals surface area contributed by atoms with Crippen LogP contribution in [0.15, 0.2) is 0 Å². The molecule has 1 heterocycles. The molecule has 51 heteroatoms. The first-order chi connectivity index (χ1) is 32.6. The lowest BCUT2D eigenvalue weighted by Gasteiger charge is -2.45. The lowest BCUT2D eigenvalue weighted by Crippen LogP contribution is -2.79. The summed E-state index contributed by atoms with van der Waals surface area (Å²) < 4.78 is 642. The lowest BCUT2D eigenvalue weighted by atomic mass is 9.86. The number of sulfonamides is 1. The van der Waals surface area contributed by atoms with Crippen LogP contribution in [0.4, 0.5) is 198 Å². The minimum atomic E-state index is -10.5. The highest BCUT2D eigenvalue weighted by Gasteiger charge is 3.00. The van der Waals surface area contributed by atoms with Crippen LogP contribution < -0.4 is 9.29 Å². The summed E-state index contributed by atoms with van der Waals surface area (Å²) in [5.74, 6) is -164. The number of pyridine rings is 1. The zero-order valence-electron chi connectivity index (χ0n) is 33.1. The van der Waals surface area contributed by atoms with Gasteiger partial charge in [-0.2, -0.15) is 198 Å². The Hall–Kier alpha value is -4.13. The summed E-state index contributed by atoms with van der Waals surface area (Å²) in [6, 6.07) is -9.52. The highest BCUT2D eigenvalue weighted by Crippen LogP contribution is 2.69. The number of ether oxygens (including phenoxy) is 1. The fraction of sp³-hybridized carbons (Fsp3) is 0.808. The third-order valence-electron chi connectivity index (χ3n) is 9.14. The van der Waals surface area contributed by atoms with Crippen molar-refractivity contribution in [3.63, 3.8) is 0 Å². The molecule has 0 spiro atoms. The third kappa shape index (κ3) is 8.78. The van der Waals surface area contributed by atoms with Crippen LogP contribution in [0.2, 0.25) is 0 Å². The van der Waals surface area contributed by atoms with Crippen molar-refractivity contribution in [2.75, 3.05) is 0 Å². The number of rotatable bonds is 22. The second kappa shape index (κ2) is 17.9. The summed E-state index contributed by atoms with van der Waals surface area (Å²) in [6.07, 6.45) is -24.8. The van der Waals surface area contributed by atoms with Gasteiger partial charge in [-0.1, -0.05) is 0 Å². The van der Waals surface area contributed by atoms with Gasteiger partial charge in [0.05, 0.1) is 0 Å². The largest absolute Gasteiger partial charge is 0.460 e. The smallest absolute Gasteiger partial charge is 0.241 e. The van der Waals surface area contributed by atoms with Crippen molar-refractivity contribution < 1.29 is 215 Å². The third-order valence-corrected chi connectivity index (χ3v) is 10.6. The van der Waals surface area contributed by atoms with Gasteiger partial charge in [-0.15, -0.1) is 9.11 Å². The van der Waals surface area contributed by atoms with Crippen LogP contribution in [0, 0.1) is 23.4 Å². The summed E-state index contributed by atoms with van der Waals surface area (Å²) in [4.78, 5) is 0. The number of halogens is 45. The zero-order chi connectivity index (χ0) is 63.4. The van der Waals surface area contributed by atoms with Crippen LogP contribution in [0.5, 0.6) is 0 Å². The molecule has 456 valence electrons. The van der Waals surface area contributed by atoms with Gasteiger partial charge in [0.15, 0.2) is 0 Å². The molecular formula is C26H4F45N2O3S+. The Morgan fingerprint density at radius 3 is 0.870 bits per heavy atom. The molecule has 0 radical (unpaired) electrons. The summed E-state index contributed by atoms with van der Waals surface area (Å²) in [5, 5.41) is -9.71. The van der Waals surface area contributed by atoms with Crippen LogP contribution in [0.1, 0.15) is 5.69 Å². The number of nitrogens with one attached hydrogen (secondary N) is 1. The average Bonchev–Trinajstić information content (AvgIpc) is 3.19. The van der Waals surface area contributed by atoms with Gasteiger partial charge in [-0.25, -0.2) is 13.2 Å². The van der Waals surface area contributed by atoms with Gasteiger partial charge in [0.1, 0.15) is 7.05 Å². The maximum absolute atomic E-state index is 14.2. The first-order valence-corrected chi connectivity index (χ1v) is 17.8. The maximum Gasteiger partial charge on any atom is 0.460 e. The molecule has 1 N–H and O–H groups in total. The fourth-order valence-electron chi connectivity index (χ4n) is 4.66. The number of aromatic nitrogens is 1. The van der Waals surface area contributed by atoms with E-state index in [0.717, 1.165) is 0 Å². The zero-order valence-corrected chi connectivity index (χ0v) is 33.9. The van der Waals surface area contributed by atoms with Crippen molar-refractivity contribution in [1.82, 2.24) is 4.72 Å². The van der Waals surface area contributed by atoms with Crippen LogP contribution in [-0.2, 0) is 27.9 Å². The Kier molecular flexibility index (Phi) is 16.5. The van der Waals surface area contributed by atoms with Crippen LogP contribution in [0.25, 0.3) is 0 Å². The molecule has 0 unspecified atom stereocenters. The van der Waals surface area contributed by atoms with Gasteiger partial charge in [-0.05, 0) is 0 Å². The summed E-state index contributed by atoms with van der Waals surface area (Å²) in [7, 11) is -11.0. The quantitative estimate of drug-likeness (QED) is 0.0545. The molecule has 0 amide bonds. The molecule has 0 bridgehead atoms. The molecule has 0 aliphatic rings. The topological polar surface area (TPSA) is 59.3 Å². The lowest BCUT2D eigenvalue weighted by molar-refractivity contribution is -0.726. The Balaban J connectivity index is 4.05. The van der Waals surface area contributed by atoms with E-state index in [-0.39, 0.29) is 0 Å². The van der Waals surface area contributed by atoms with Gasteiger partial charge in [-0.3, -0.25) is 0 Å². The van der Waals surface area contributed by atoms with Gasteiger partial charge >= 0.3 is 130 Å². The standard InChI is InChI=1S/C26H4F45N2O3S/c1-73-5(3(28)2(27)4(29)6(73)30)7(31,32)76-25(68,69)21(59,60)17(51,52)13(43,44)10(37,38)8(33,34)9(35,36)12(41,42)16(49,50)20(57,58)24(66,67)72-77(74,75)26(70,71)22(61,62)18(53,54)14(45,46)11(39,40)15(47,48)19(55,56)23(63,64)65/h72H,1H3/q+1. The molecule has 0 atom stereocenters. The molecule has 5 nitrogen and oxygen atoms in total. The summed E-state index contributed by atoms with van der Waals surface area (Å²) in [5.41, 5.74) is -3.87. The fourth-order valence-corrected chi connectivity index (χ4v) is 5.71. The predicted octanol–water partition coefficient (Wildman–Crippen LogP) is 12.9. The minimum Gasteiger partial charge on any atom is -0.241 e. The molecule has 0 aliphatic heterocycles. The monoisotopic (exact) mass is 1280 g/mol. The van der Waals surface area contributed by atoms with E-state index in [1.807, 2.05) is 0 Å². The molecule has 0 saturated carbocycles. The van der Waals surface area contributed by atoms with Crippen molar-refractivity contribution in [2.45, 2.75) is 119 Å². The second-order valence-electron chi connectivity index (χ2n) is 14.1.